The predicted molar refractivity (Wildman–Crippen MR) is 75.6 cm³/mol. The van der Waals surface area contributed by atoms with Crippen molar-refractivity contribution in [3.63, 3.8) is 0 Å². The minimum absolute atomic E-state index is 0.293. The van der Waals surface area contributed by atoms with Gasteiger partial charge in [0.15, 0.2) is 0 Å². The minimum Gasteiger partial charge on any atom is -0.271 e. The fourth-order valence-electron chi connectivity index (χ4n) is 2.34. The van der Waals surface area contributed by atoms with E-state index in [1.165, 1.54) is 40.4 Å². The van der Waals surface area contributed by atoms with E-state index in [2.05, 4.69) is 47.3 Å². The van der Waals surface area contributed by atoms with Crippen LogP contribution < -0.4 is 11.3 Å². The third-order valence-corrected chi connectivity index (χ3v) is 4.87. The fourth-order valence-corrected chi connectivity index (χ4v) is 2.56. The summed E-state index contributed by atoms with van der Waals surface area (Å²) >= 11 is 3.60. The quantitative estimate of drug-likeness (QED) is 0.641. The third kappa shape index (κ3) is 3.30. The van der Waals surface area contributed by atoms with Crippen molar-refractivity contribution >= 4 is 15.9 Å². The van der Waals surface area contributed by atoms with Crippen LogP contribution in [0.4, 0.5) is 0 Å². The number of rotatable bonds is 5. The molecule has 17 heavy (non-hydrogen) atoms. The zero-order valence-corrected chi connectivity index (χ0v) is 12.2. The van der Waals surface area contributed by atoms with E-state index in [0.29, 0.717) is 6.04 Å². The zero-order valence-electron chi connectivity index (χ0n) is 10.6. The van der Waals surface area contributed by atoms with Gasteiger partial charge in [0.25, 0.3) is 0 Å². The lowest BCUT2D eigenvalue weighted by Crippen LogP contribution is -2.28. The van der Waals surface area contributed by atoms with E-state index in [1.54, 1.807) is 0 Å². The van der Waals surface area contributed by atoms with Crippen LogP contribution in [0.1, 0.15) is 48.4 Å². The van der Waals surface area contributed by atoms with Gasteiger partial charge >= 0.3 is 0 Å². The highest BCUT2D eigenvalue weighted by Crippen LogP contribution is 2.36. The first kappa shape index (κ1) is 13.1. The lowest BCUT2D eigenvalue weighted by atomic mass is 9.97. The molecule has 1 saturated carbocycles. The molecule has 1 fully saturated rings. The molecule has 0 bridgehead atoms. The SMILES string of the molecule is Cc1cc(C(CCC2CC2)NN)cc(C)c1Br. The first-order valence-electron chi connectivity index (χ1n) is 6.34. The van der Waals surface area contributed by atoms with Crippen LogP contribution in [0.25, 0.3) is 0 Å². The van der Waals surface area contributed by atoms with E-state index in [9.17, 15) is 0 Å². The Kier molecular flexibility index (Phi) is 4.23. The summed E-state index contributed by atoms with van der Waals surface area (Å²) < 4.78 is 1.21. The summed E-state index contributed by atoms with van der Waals surface area (Å²) in [6.45, 7) is 4.27. The van der Waals surface area contributed by atoms with Crippen LogP contribution in [-0.4, -0.2) is 0 Å². The molecule has 0 aromatic heterocycles. The summed E-state index contributed by atoms with van der Waals surface area (Å²) in [5, 5.41) is 0. The number of hydrogen-bond acceptors (Lipinski definition) is 2. The summed E-state index contributed by atoms with van der Waals surface area (Å²) in [6.07, 6.45) is 5.26. The fraction of sp³-hybridized carbons (Fsp3) is 0.571. The summed E-state index contributed by atoms with van der Waals surface area (Å²) in [4.78, 5) is 0. The molecule has 94 valence electrons. The molecule has 0 radical (unpaired) electrons. The maximum atomic E-state index is 5.69. The molecule has 0 spiro atoms. The second-order valence-corrected chi connectivity index (χ2v) is 6.00. The van der Waals surface area contributed by atoms with Gasteiger partial charge in [0.1, 0.15) is 0 Å². The Labute approximate surface area is 112 Å². The van der Waals surface area contributed by atoms with E-state index in [4.69, 9.17) is 5.84 Å². The molecule has 1 aliphatic carbocycles. The molecule has 1 atom stereocenters. The lowest BCUT2D eigenvalue weighted by Gasteiger charge is -2.18. The van der Waals surface area contributed by atoms with Crippen LogP contribution in [0.15, 0.2) is 16.6 Å². The molecule has 1 aromatic rings. The monoisotopic (exact) mass is 296 g/mol. The van der Waals surface area contributed by atoms with Crippen molar-refractivity contribution in [3.8, 4) is 0 Å². The van der Waals surface area contributed by atoms with Crippen molar-refractivity contribution < 1.29 is 0 Å². The molecule has 0 aliphatic heterocycles. The molecule has 3 heteroatoms. The van der Waals surface area contributed by atoms with E-state index >= 15 is 0 Å². The molecule has 0 heterocycles. The molecule has 3 N–H and O–H groups in total. The van der Waals surface area contributed by atoms with Gasteiger partial charge in [-0.1, -0.05) is 40.9 Å². The molecule has 1 aromatic carbocycles. The summed E-state index contributed by atoms with van der Waals surface area (Å²) in [7, 11) is 0. The number of hydrogen-bond donors (Lipinski definition) is 2. The number of nitrogens with two attached hydrogens (primary N) is 1. The van der Waals surface area contributed by atoms with Crippen molar-refractivity contribution in [1.29, 1.82) is 0 Å². The largest absolute Gasteiger partial charge is 0.271 e. The van der Waals surface area contributed by atoms with Gasteiger partial charge in [-0.05, 0) is 49.3 Å². The van der Waals surface area contributed by atoms with Gasteiger partial charge in [-0.2, -0.15) is 0 Å². The van der Waals surface area contributed by atoms with Crippen molar-refractivity contribution in [2.24, 2.45) is 11.8 Å². The van der Waals surface area contributed by atoms with Crippen molar-refractivity contribution in [2.45, 2.75) is 45.6 Å². The Morgan fingerprint density at radius 1 is 1.35 bits per heavy atom. The standard InChI is InChI=1S/C14H21BrN2/c1-9-7-12(8-10(2)14(9)15)13(17-16)6-5-11-3-4-11/h7-8,11,13,17H,3-6,16H2,1-2H3. The Morgan fingerprint density at radius 3 is 2.41 bits per heavy atom. The van der Waals surface area contributed by atoms with Gasteiger partial charge in [-0.3, -0.25) is 11.3 Å². The van der Waals surface area contributed by atoms with E-state index in [-0.39, 0.29) is 0 Å². The average molecular weight is 297 g/mol. The Balaban J connectivity index is 2.11. The second kappa shape index (κ2) is 5.51. The van der Waals surface area contributed by atoms with Gasteiger partial charge in [-0.15, -0.1) is 0 Å². The van der Waals surface area contributed by atoms with E-state index in [0.717, 1.165) is 12.3 Å². The highest BCUT2D eigenvalue weighted by Gasteiger charge is 2.23. The minimum atomic E-state index is 0.293. The number of aryl methyl sites for hydroxylation is 2. The number of hydrazine groups is 1. The van der Waals surface area contributed by atoms with E-state index < -0.39 is 0 Å². The van der Waals surface area contributed by atoms with Crippen LogP contribution in [0.2, 0.25) is 0 Å². The highest BCUT2D eigenvalue weighted by molar-refractivity contribution is 9.10. The van der Waals surface area contributed by atoms with Crippen LogP contribution in [0.5, 0.6) is 0 Å². The first-order chi connectivity index (χ1) is 8.11. The van der Waals surface area contributed by atoms with Gasteiger partial charge in [-0.25, -0.2) is 0 Å². The number of nitrogens with one attached hydrogen (secondary N) is 1. The van der Waals surface area contributed by atoms with Gasteiger partial charge < -0.3 is 0 Å². The zero-order chi connectivity index (χ0) is 12.4. The molecular weight excluding hydrogens is 276 g/mol. The molecule has 1 unspecified atom stereocenters. The highest BCUT2D eigenvalue weighted by atomic mass is 79.9. The number of benzene rings is 1. The Hall–Kier alpha value is -0.380. The van der Waals surface area contributed by atoms with Crippen molar-refractivity contribution in [3.05, 3.63) is 33.3 Å². The number of halogens is 1. The topological polar surface area (TPSA) is 38.0 Å². The van der Waals surface area contributed by atoms with Gasteiger partial charge in [0.05, 0.1) is 0 Å². The molecule has 2 nitrogen and oxygen atoms in total. The summed E-state index contributed by atoms with van der Waals surface area (Å²) in [5.41, 5.74) is 6.84. The predicted octanol–water partition coefficient (Wildman–Crippen LogP) is 3.76. The maximum Gasteiger partial charge on any atom is 0.0460 e. The third-order valence-electron chi connectivity index (χ3n) is 3.62. The van der Waals surface area contributed by atoms with Crippen molar-refractivity contribution in [1.82, 2.24) is 5.43 Å². The smallest absolute Gasteiger partial charge is 0.0460 e. The lowest BCUT2D eigenvalue weighted by molar-refractivity contribution is 0.481. The Bertz CT molecular complexity index is 376. The van der Waals surface area contributed by atoms with Crippen LogP contribution in [0, 0.1) is 19.8 Å². The Morgan fingerprint density at radius 2 is 1.94 bits per heavy atom. The van der Waals surface area contributed by atoms with Crippen LogP contribution >= 0.6 is 15.9 Å². The maximum absolute atomic E-state index is 5.69. The molecule has 1 aliphatic rings. The van der Waals surface area contributed by atoms with E-state index in [1.807, 2.05) is 0 Å². The molecule has 0 amide bonds. The summed E-state index contributed by atoms with van der Waals surface area (Å²) in [5.74, 6) is 6.65. The second-order valence-electron chi connectivity index (χ2n) is 5.21. The molecular formula is C14H21BrN2. The van der Waals surface area contributed by atoms with Crippen molar-refractivity contribution in [2.75, 3.05) is 0 Å². The van der Waals surface area contributed by atoms with Crippen LogP contribution in [-0.2, 0) is 0 Å². The van der Waals surface area contributed by atoms with Gasteiger partial charge in [0.2, 0.25) is 0 Å². The van der Waals surface area contributed by atoms with Gasteiger partial charge in [0, 0.05) is 10.5 Å². The first-order valence-corrected chi connectivity index (χ1v) is 7.14. The summed E-state index contributed by atoms with van der Waals surface area (Å²) in [6, 6.07) is 4.75. The van der Waals surface area contributed by atoms with Crippen LogP contribution in [0.3, 0.4) is 0 Å². The average Bonchev–Trinajstić information content (AvgIpc) is 3.10. The molecule has 0 saturated heterocycles. The normalized spacial score (nSPS) is 17.2. The molecule has 2 rings (SSSR count).